The summed E-state index contributed by atoms with van der Waals surface area (Å²) in [6, 6.07) is 2.06. The second-order valence-corrected chi connectivity index (χ2v) is 7.26. The third-order valence-corrected chi connectivity index (χ3v) is 3.54. The number of nitrogens with zero attached hydrogens (tertiary/aromatic N) is 2. The van der Waals surface area contributed by atoms with Gasteiger partial charge in [0.2, 0.25) is 0 Å². The van der Waals surface area contributed by atoms with Gasteiger partial charge in [0.25, 0.3) is 0 Å². The highest BCUT2D eigenvalue weighted by Gasteiger charge is 2.18. The first kappa shape index (κ1) is 15.3. The van der Waals surface area contributed by atoms with E-state index in [0.29, 0.717) is 5.25 Å². The molecule has 0 atom stereocenters. The molecule has 1 aromatic heterocycles. The van der Waals surface area contributed by atoms with Gasteiger partial charge >= 0.3 is 0 Å². The molecule has 0 aliphatic rings. The minimum absolute atomic E-state index is 0.0599. The van der Waals surface area contributed by atoms with Gasteiger partial charge in [-0.15, -0.1) is 0 Å². The maximum atomic E-state index is 4.69. The van der Waals surface area contributed by atoms with E-state index < -0.39 is 0 Å². The third kappa shape index (κ3) is 4.84. The highest BCUT2D eigenvalue weighted by Crippen LogP contribution is 2.24. The van der Waals surface area contributed by atoms with Gasteiger partial charge in [-0.25, -0.2) is 9.97 Å². The molecule has 0 aliphatic carbocycles. The molecule has 1 aromatic rings. The maximum absolute atomic E-state index is 4.69. The lowest BCUT2D eigenvalue weighted by atomic mass is 9.92. The Kier molecular flexibility index (Phi) is 5.45. The van der Waals surface area contributed by atoms with Crippen LogP contribution in [-0.4, -0.2) is 21.8 Å². The summed E-state index contributed by atoms with van der Waals surface area (Å²) in [7, 11) is 0. The van der Waals surface area contributed by atoms with Crippen LogP contribution in [0.5, 0.6) is 0 Å². The highest BCUT2D eigenvalue weighted by atomic mass is 32.2. The van der Waals surface area contributed by atoms with Crippen molar-refractivity contribution in [3.63, 3.8) is 0 Å². The SMILES string of the molecule is CCNc1cc(C(C)(C)C)nc(CSC(C)C)n1. The van der Waals surface area contributed by atoms with Gasteiger partial charge in [-0.3, -0.25) is 0 Å². The molecule has 102 valence electrons. The summed E-state index contributed by atoms with van der Waals surface area (Å²) in [6.45, 7) is 13.9. The van der Waals surface area contributed by atoms with Crippen molar-refractivity contribution in [2.24, 2.45) is 0 Å². The van der Waals surface area contributed by atoms with Crippen molar-refractivity contribution in [3.8, 4) is 0 Å². The number of thioether (sulfide) groups is 1. The molecule has 0 bridgehead atoms. The number of hydrogen-bond acceptors (Lipinski definition) is 4. The zero-order chi connectivity index (χ0) is 13.8. The molecule has 3 nitrogen and oxygen atoms in total. The van der Waals surface area contributed by atoms with E-state index in [1.165, 1.54) is 0 Å². The van der Waals surface area contributed by atoms with E-state index in [9.17, 15) is 0 Å². The van der Waals surface area contributed by atoms with E-state index in [-0.39, 0.29) is 5.41 Å². The number of aromatic nitrogens is 2. The van der Waals surface area contributed by atoms with Crippen LogP contribution in [-0.2, 0) is 11.2 Å². The fraction of sp³-hybridized carbons (Fsp3) is 0.714. The van der Waals surface area contributed by atoms with Crippen LogP contribution in [0, 0.1) is 0 Å². The van der Waals surface area contributed by atoms with Crippen molar-refractivity contribution in [1.29, 1.82) is 0 Å². The molecule has 0 saturated carbocycles. The molecule has 0 unspecified atom stereocenters. The number of anilines is 1. The quantitative estimate of drug-likeness (QED) is 0.879. The summed E-state index contributed by atoms with van der Waals surface area (Å²) in [4.78, 5) is 9.25. The second kappa shape index (κ2) is 6.41. The molecule has 0 fully saturated rings. The molecule has 18 heavy (non-hydrogen) atoms. The average Bonchev–Trinajstić information content (AvgIpc) is 2.25. The van der Waals surface area contributed by atoms with Crippen molar-refractivity contribution in [2.75, 3.05) is 11.9 Å². The first-order valence-electron chi connectivity index (χ1n) is 6.57. The van der Waals surface area contributed by atoms with E-state index in [1.54, 1.807) is 0 Å². The van der Waals surface area contributed by atoms with Crippen LogP contribution in [0.25, 0.3) is 0 Å². The minimum atomic E-state index is 0.0599. The summed E-state index contributed by atoms with van der Waals surface area (Å²) in [5, 5.41) is 3.89. The van der Waals surface area contributed by atoms with Gasteiger partial charge in [0.1, 0.15) is 11.6 Å². The molecule has 0 radical (unpaired) electrons. The molecular weight excluding hydrogens is 242 g/mol. The molecular formula is C14H25N3S. The van der Waals surface area contributed by atoms with E-state index >= 15 is 0 Å². The Labute approximate surface area is 115 Å². The normalized spacial score (nSPS) is 11.9. The predicted octanol–water partition coefficient (Wildman–Crippen LogP) is 3.85. The number of hydrogen-bond donors (Lipinski definition) is 1. The second-order valence-electron chi connectivity index (χ2n) is 5.69. The summed E-state index contributed by atoms with van der Waals surface area (Å²) in [5.74, 6) is 2.74. The lowest BCUT2D eigenvalue weighted by Crippen LogP contribution is -2.16. The van der Waals surface area contributed by atoms with Crippen molar-refractivity contribution in [3.05, 3.63) is 17.6 Å². The van der Waals surface area contributed by atoms with Gasteiger partial charge in [0.05, 0.1) is 11.4 Å². The van der Waals surface area contributed by atoms with Crippen LogP contribution in [0.2, 0.25) is 0 Å². The standard InChI is InChI=1S/C14H25N3S/c1-7-15-12-8-11(14(4,5)6)16-13(17-12)9-18-10(2)3/h8,10H,7,9H2,1-6H3,(H,15,16,17). The lowest BCUT2D eigenvalue weighted by molar-refractivity contribution is 0.564. The molecule has 0 spiro atoms. The summed E-state index contributed by atoms with van der Waals surface area (Å²) in [5.41, 5.74) is 1.16. The van der Waals surface area contributed by atoms with Gasteiger partial charge in [-0.2, -0.15) is 11.8 Å². The Hall–Kier alpha value is -0.770. The lowest BCUT2D eigenvalue weighted by Gasteiger charge is -2.19. The Balaban J connectivity index is 2.98. The van der Waals surface area contributed by atoms with Crippen molar-refractivity contribution in [1.82, 2.24) is 9.97 Å². The summed E-state index contributed by atoms with van der Waals surface area (Å²) >= 11 is 1.88. The molecule has 0 aliphatic heterocycles. The zero-order valence-electron chi connectivity index (χ0n) is 12.4. The third-order valence-electron chi connectivity index (χ3n) is 2.44. The first-order chi connectivity index (χ1) is 8.32. The number of rotatable bonds is 5. The van der Waals surface area contributed by atoms with Crippen LogP contribution in [0.15, 0.2) is 6.07 Å². The Morgan fingerprint density at radius 1 is 1.28 bits per heavy atom. The zero-order valence-corrected chi connectivity index (χ0v) is 13.2. The van der Waals surface area contributed by atoms with Gasteiger partial charge in [0.15, 0.2) is 0 Å². The molecule has 0 aromatic carbocycles. The van der Waals surface area contributed by atoms with Crippen LogP contribution < -0.4 is 5.32 Å². The van der Waals surface area contributed by atoms with Crippen molar-refractivity contribution in [2.45, 2.75) is 58.0 Å². The maximum Gasteiger partial charge on any atom is 0.140 e. The molecule has 1 rings (SSSR count). The fourth-order valence-corrected chi connectivity index (χ4v) is 2.07. The highest BCUT2D eigenvalue weighted by molar-refractivity contribution is 7.99. The van der Waals surface area contributed by atoms with Crippen molar-refractivity contribution >= 4 is 17.6 Å². The minimum Gasteiger partial charge on any atom is -0.370 e. The van der Waals surface area contributed by atoms with E-state index in [2.05, 4.69) is 62.9 Å². The summed E-state index contributed by atoms with van der Waals surface area (Å²) < 4.78 is 0. The Morgan fingerprint density at radius 3 is 2.44 bits per heavy atom. The van der Waals surface area contributed by atoms with E-state index in [0.717, 1.165) is 29.6 Å². The van der Waals surface area contributed by atoms with Gasteiger partial charge in [-0.05, 0) is 12.2 Å². The van der Waals surface area contributed by atoms with Gasteiger partial charge < -0.3 is 5.32 Å². The Bertz CT molecular complexity index is 383. The molecule has 1 heterocycles. The largest absolute Gasteiger partial charge is 0.370 e. The topological polar surface area (TPSA) is 37.8 Å². The molecule has 4 heteroatoms. The van der Waals surface area contributed by atoms with Crippen LogP contribution in [0.3, 0.4) is 0 Å². The smallest absolute Gasteiger partial charge is 0.140 e. The molecule has 1 N–H and O–H groups in total. The van der Waals surface area contributed by atoms with Gasteiger partial charge in [0, 0.05) is 18.0 Å². The monoisotopic (exact) mass is 267 g/mol. The van der Waals surface area contributed by atoms with Gasteiger partial charge in [-0.1, -0.05) is 34.6 Å². The number of nitrogens with one attached hydrogen (secondary N) is 1. The van der Waals surface area contributed by atoms with E-state index in [1.807, 2.05) is 11.8 Å². The fourth-order valence-electron chi connectivity index (χ4n) is 1.46. The molecule has 0 amide bonds. The molecule has 0 saturated heterocycles. The van der Waals surface area contributed by atoms with Crippen LogP contribution in [0.1, 0.15) is 53.1 Å². The average molecular weight is 267 g/mol. The summed E-state index contributed by atoms with van der Waals surface area (Å²) in [6.07, 6.45) is 0. The Morgan fingerprint density at radius 2 is 1.94 bits per heavy atom. The van der Waals surface area contributed by atoms with E-state index in [4.69, 9.17) is 0 Å². The first-order valence-corrected chi connectivity index (χ1v) is 7.61. The predicted molar refractivity (Wildman–Crippen MR) is 81.3 cm³/mol. The van der Waals surface area contributed by atoms with Crippen molar-refractivity contribution < 1.29 is 0 Å². The van der Waals surface area contributed by atoms with Crippen LogP contribution in [0.4, 0.5) is 5.82 Å². The van der Waals surface area contributed by atoms with Crippen LogP contribution >= 0.6 is 11.8 Å².